The summed E-state index contributed by atoms with van der Waals surface area (Å²) in [6.07, 6.45) is 4.34. The first-order valence-corrected chi connectivity index (χ1v) is 4.18. The second-order valence-corrected chi connectivity index (χ2v) is 3.05. The first kappa shape index (κ1) is 11.9. The zero-order chi connectivity index (χ0) is 10.3. The third-order valence-corrected chi connectivity index (χ3v) is 1.61. The standard InChI is InChI=1S/C10H15FO2/c1-8(6-10(12)13)4-3-5-9(2)7-11/h5-6H,3-4,7H2,1-2H3,(H,12,13)/b8-6-,9-5?. The number of hydrogen-bond donors (Lipinski definition) is 1. The SMILES string of the molecule is CC(=CCC/C(C)=C\C(=O)O)CF. The minimum Gasteiger partial charge on any atom is -0.478 e. The van der Waals surface area contributed by atoms with Crippen LogP contribution in [0.4, 0.5) is 4.39 Å². The van der Waals surface area contributed by atoms with E-state index in [1.807, 2.05) is 0 Å². The van der Waals surface area contributed by atoms with Crippen molar-refractivity contribution in [3.63, 3.8) is 0 Å². The van der Waals surface area contributed by atoms with Crippen LogP contribution in [-0.4, -0.2) is 17.8 Å². The molecular weight excluding hydrogens is 171 g/mol. The smallest absolute Gasteiger partial charge is 0.328 e. The summed E-state index contributed by atoms with van der Waals surface area (Å²) in [6.45, 7) is 3.05. The molecule has 3 heteroatoms. The fraction of sp³-hybridized carbons (Fsp3) is 0.500. The van der Waals surface area contributed by atoms with Crippen LogP contribution < -0.4 is 0 Å². The van der Waals surface area contributed by atoms with E-state index in [2.05, 4.69) is 0 Å². The van der Waals surface area contributed by atoms with Gasteiger partial charge in [-0.25, -0.2) is 9.18 Å². The number of rotatable bonds is 5. The minimum absolute atomic E-state index is 0.429. The maximum Gasteiger partial charge on any atom is 0.328 e. The number of alkyl halides is 1. The van der Waals surface area contributed by atoms with Crippen molar-refractivity contribution in [1.29, 1.82) is 0 Å². The molecule has 0 unspecified atom stereocenters. The fourth-order valence-corrected chi connectivity index (χ4v) is 0.884. The molecule has 0 radical (unpaired) electrons. The molecule has 0 aliphatic rings. The summed E-state index contributed by atoms with van der Waals surface area (Å²) in [5, 5.41) is 8.39. The normalized spacial score (nSPS) is 13.2. The van der Waals surface area contributed by atoms with E-state index in [9.17, 15) is 9.18 Å². The average Bonchev–Trinajstić information content (AvgIpc) is 2.02. The van der Waals surface area contributed by atoms with Crippen LogP contribution in [-0.2, 0) is 4.79 Å². The van der Waals surface area contributed by atoms with Crippen molar-refractivity contribution in [2.75, 3.05) is 6.67 Å². The van der Waals surface area contributed by atoms with Crippen LogP contribution in [0.3, 0.4) is 0 Å². The molecule has 1 N–H and O–H groups in total. The molecule has 0 spiro atoms. The Balaban J connectivity index is 3.83. The van der Waals surface area contributed by atoms with Crippen LogP contribution in [0.15, 0.2) is 23.3 Å². The number of carbonyl (C=O) groups is 1. The predicted octanol–water partition coefficient (Wildman–Crippen LogP) is 2.71. The van der Waals surface area contributed by atoms with Crippen LogP contribution in [0.5, 0.6) is 0 Å². The van der Waals surface area contributed by atoms with E-state index in [1.54, 1.807) is 19.9 Å². The summed E-state index contributed by atoms with van der Waals surface area (Å²) < 4.78 is 11.9. The van der Waals surface area contributed by atoms with Gasteiger partial charge < -0.3 is 5.11 Å². The Morgan fingerprint density at radius 1 is 1.38 bits per heavy atom. The summed E-state index contributed by atoms with van der Waals surface area (Å²) in [5.41, 5.74) is 1.50. The van der Waals surface area contributed by atoms with Gasteiger partial charge in [-0.1, -0.05) is 11.6 Å². The van der Waals surface area contributed by atoms with Crippen LogP contribution >= 0.6 is 0 Å². The molecule has 0 heterocycles. The topological polar surface area (TPSA) is 37.3 Å². The van der Waals surface area contributed by atoms with Crippen LogP contribution in [0.25, 0.3) is 0 Å². The van der Waals surface area contributed by atoms with E-state index >= 15 is 0 Å². The monoisotopic (exact) mass is 186 g/mol. The number of halogens is 1. The lowest BCUT2D eigenvalue weighted by Gasteiger charge is -1.96. The Hall–Kier alpha value is -1.12. The molecular formula is C10H15FO2. The maximum atomic E-state index is 11.9. The van der Waals surface area contributed by atoms with Gasteiger partial charge in [0.05, 0.1) is 0 Å². The van der Waals surface area contributed by atoms with Gasteiger partial charge in [-0.3, -0.25) is 0 Å². The van der Waals surface area contributed by atoms with Gasteiger partial charge in [0, 0.05) is 6.08 Å². The number of allylic oxidation sites excluding steroid dienone is 3. The molecule has 74 valence electrons. The quantitative estimate of drug-likeness (QED) is 0.529. The Morgan fingerprint density at radius 3 is 2.46 bits per heavy atom. The van der Waals surface area contributed by atoms with Gasteiger partial charge in [0.1, 0.15) is 6.67 Å². The molecule has 0 bridgehead atoms. The van der Waals surface area contributed by atoms with Crippen molar-refractivity contribution in [1.82, 2.24) is 0 Å². The summed E-state index contributed by atoms with van der Waals surface area (Å²) in [6, 6.07) is 0. The van der Waals surface area contributed by atoms with Crippen molar-refractivity contribution >= 4 is 5.97 Å². The summed E-state index contributed by atoms with van der Waals surface area (Å²) in [5.74, 6) is -0.927. The third-order valence-electron chi connectivity index (χ3n) is 1.61. The number of carboxylic acids is 1. The largest absolute Gasteiger partial charge is 0.478 e. The second-order valence-electron chi connectivity index (χ2n) is 3.05. The molecule has 0 aromatic carbocycles. The molecule has 0 aliphatic heterocycles. The Bertz CT molecular complexity index is 229. The minimum atomic E-state index is -0.927. The Labute approximate surface area is 77.8 Å². The molecule has 0 aromatic heterocycles. The van der Waals surface area contributed by atoms with E-state index in [-0.39, 0.29) is 0 Å². The summed E-state index contributed by atoms with van der Waals surface area (Å²) >= 11 is 0. The molecule has 0 saturated heterocycles. The average molecular weight is 186 g/mol. The van der Waals surface area contributed by atoms with Gasteiger partial charge in [-0.05, 0) is 32.3 Å². The van der Waals surface area contributed by atoms with E-state index in [1.165, 1.54) is 6.08 Å². The van der Waals surface area contributed by atoms with Crippen molar-refractivity contribution in [3.05, 3.63) is 23.3 Å². The van der Waals surface area contributed by atoms with E-state index in [0.717, 1.165) is 5.57 Å². The lowest BCUT2D eigenvalue weighted by atomic mass is 10.1. The first-order valence-electron chi connectivity index (χ1n) is 4.18. The number of aliphatic carboxylic acids is 1. The first-order chi connectivity index (χ1) is 6.06. The molecule has 2 nitrogen and oxygen atoms in total. The summed E-state index contributed by atoms with van der Waals surface area (Å²) in [7, 11) is 0. The highest BCUT2D eigenvalue weighted by atomic mass is 19.1. The zero-order valence-electron chi connectivity index (χ0n) is 8.01. The van der Waals surface area contributed by atoms with Gasteiger partial charge in [-0.15, -0.1) is 0 Å². The highest BCUT2D eigenvalue weighted by molar-refractivity contribution is 5.80. The molecule has 13 heavy (non-hydrogen) atoms. The summed E-state index contributed by atoms with van der Waals surface area (Å²) in [4.78, 5) is 10.2. The Morgan fingerprint density at radius 2 is 2.00 bits per heavy atom. The highest BCUT2D eigenvalue weighted by Crippen LogP contribution is 2.06. The van der Waals surface area contributed by atoms with Gasteiger partial charge in [0.2, 0.25) is 0 Å². The van der Waals surface area contributed by atoms with E-state index in [4.69, 9.17) is 5.11 Å². The van der Waals surface area contributed by atoms with Crippen molar-refractivity contribution in [2.45, 2.75) is 26.7 Å². The van der Waals surface area contributed by atoms with Gasteiger partial charge >= 0.3 is 5.97 Å². The zero-order valence-corrected chi connectivity index (χ0v) is 8.01. The number of hydrogen-bond acceptors (Lipinski definition) is 1. The van der Waals surface area contributed by atoms with Crippen LogP contribution in [0.1, 0.15) is 26.7 Å². The van der Waals surface area contributed by atoms with E-state index < -0.39 is 12.6 Å². The maximum absolute atomic E-state index is 11.9. The lowest BCUT2D eigenvalue weighted by molar-refractivity contribution is -0.131. The number of carboxylic acid groups (broad SMARTS) is 1. The highest BCUT2D eigenvalue weighted by Gasteiger charge is 1.93. The van der Waals surface area contributed by atoms with Gasteiger partial charge in [0.15, 0.2) is 0 Å². The molecule has 0 aliphatic carbocycles. The van der Waals surface area contributed by atoms with Crippen molar-refractivity contribution in [2.24, 2.45) is 0 Å². The second kappa shape index (κ2) is 6.40. The third kappa shape index (κ3) is 7.25. The Kier molecular flexibility index (Phi) is 5.85. The van der Waals surface area contributed by atoms with Crippen LogP contribution in [0, 0.1) is 0 Å². The van der Waals surface area contributed by atoms with Gasteiger partial charge in [0.25, 0.3) is 0 Å². The predicted molar refractivity (Wildman–Crippen MR) is 50.4 cm³/mol. The fourth-order valence-electron chi connectivity index (χ4n) is 0.884. The molecule has 0 rings (SSSR count). The molecule has 0 saturated carbocycles. The van der Waals surface area contributed by atoms with E-state index in [0.29, 0.717) is 18.4 Å². The van der Waals surface area contributed by atoms with Crippen LogP contribution in [0.2, 0.25) is 0 Å². The van der Waals surface area contributed by atoms with Crippen molar-refractivity contribution < 1.29 is 14.3 Å². The molecule has 0 amide bonds. The molecule has 0 atom stereocenters. The molecule has 0 aromatic rings. The van der Waals surface area contributed by atoms with Gasteiger partial charge in [-0.2, -0.15) is 0 Å². The molecule has 0 fully saturated rings. The lowest BCUT2D eigenvalue weighted by Crippen LogP contribution is -1.89. The van der Waals surface area contributed by atoms with Crippen molar-refractivity contribution in [3.8, 4) is 0 Å².